The van der Waals surface area contributed by atoms with Crippen LogP contribution in [0.15, 0.2) is 29.7 Å². The average molecular weight is 753 g/mol. The third-order valence-electron chi connectivity index (χ3n) is 10.1. The lowest BCUT2D eigenvalue weighted by atomic mass is 9.93. The highest BCUT2D eigenvalue weighted by Gasteiger charge is 2.68. The van der Waals surface area contributed by atoms with Crippen LogP contribution in [0.25, 0.3) is 0 Å². The third-order valence-corrected chi connectivity index (χ3v) is 10.1. The fourth-order valence-corrected chi connectivity index (χ4v) is 6.56. The van der Waals surface area contributed by atoms with Crippen molar-refractivity contribution in [2.45, 2.75) is 74.1 Å². The molecule has 1 fully saturated rings. The van der Waals surface area contributed by atoms with Gasteiger partial charge in [-0.25, -0.2) is 19.2 Å². The van der Waals surface area contributed by atoms with E-state index >= 15 is 0 Å². The maximum absolute atomic E-state index is 14.6. The monoisotopic (exact) mass is 752 g/mol. The van der Waals surface area contributed by atoms with Crippen molar-refractivity contribution in [2.75, 3.05) is 7.11 Å². The van der Waals surface area contributed by atoms with E-state index < -0.39 is 64.1 Å². The number of benzene rings is 3. The van der Waals surface area contributed by atoms with E-state index in [1.807, 2.05) is 0 Å². The first-order valence-electron chi connectivity index (χ1n) is 16.3. The maximum atomic E-state index is 14.6. The second-order valence-electron chi connectivity index (χ2n) is 13.1. The molecule has 0 saturated carbocycles. The number of carboxylic acids is 1. The van der Waals surface area contributed by atoms with Crippen LogP contribution in [0.4, 0.5) is 13.2 Å². The number of esters is 3. The van der Waals surface area contributed by atoms with Crippen LogP contribution in [0.3, 0.4) is 0 Å². The normalized spacial score (nSPS) is 16.1. The minimum absolute atomic E-state index is 0.105. The van der Waals surface area contributed by atoms with E-state index in [9.17, 15) is 47.4 Å². The SMILES string of the molecule is COC1=CC(=O)C=C2OC12C(=O)Oc1c(C)c(C)c(C(=O)Oc2cc(C)c(C(=O)Oc3c(C)c(C)c(C(=O)O)c(C)c3C)c(C)c2C)c(O)c1C(F)(F)F. The van der Waals surface area contributed by atoms with Crippen LogP contribution in [0.5, 0.6) is 23.0 Å². The Morgan fingerprint density at radius 1 is 0.704 bits per heavy atom. The van der Waals surface area contributed by atoms with Gasteiger partial charge in [0.15, 0.2) is 17.3 Å². The van der Waals surface area contributed by atoms with E-state index in [1.54, 1.807) is 34.6 Å². The van der Waals surface area contributed by atoms with Gasteiger partial charge in [0.25, 0.3) is 0 Å². The molecule has 1 unspecified atom stereocenters. The number of ether oxygens (including phenoxy) is 5. The van der Waals surface area contributed by atoms with Crippen molar-refractivity contribution in [3.05, 3.63) is 102 Å². The van der Waals surface area contributed by atoms with Crippen LogP contribution in [0.2, 0.25) is 0 Å². The molecule has 54 heavy (non-hydrogen) atoms. The summed E-state index contributed by atoms with van der Waals surface area (Å²) in [5.74, 6) is -8.37. The number of carbonyl (C=O) groups is 5. The molecule has 1 heterocycles. The molecule has 0 spiro atoms. The Balaban J connectivity index is 1.49. The molecule has 1 aliphatic heterocycles. The molecule has 284 valence electrons. The van der Waals surface area contributed by atoms with Crippen molar-refractivity contribution in [1.82, 2.24) is 0 Å². The van der Waals surface area contributed by atoms with Crippen LogP contribution >= 0.6 is 0 Å². The number of hydrogen-bond acceptors (Lipinski definition) is 11. The lowest BCUT2D eigenvalue weighted by molar-refractivity contribution is -0.145. The summed E-state index contributed by atoms with van der Waals surface area (Å²) >= 11 is 0. The largest absolute Gasteiger partial charge is 0.506 e. The summed E-state index contributed by atoms with van der Waals surface area (Å²) in [4.78, 5) is 64.2. The van der Waals surface area contributed by atoms with Crippen molar-refractivity contribution in [3.63, 3.8) is 0 Å². The van der Waals surface area contributed by atoms with Gasteiger partial charge < -0.3 is 33.9 Å². The Labute approximate surface area is 306 Å². The van der Waals surface area contributed by atoms with Gasteiger partial charge in [-0.3, -0.25) is 4.79 Å². The Morgan fingerprint density at radius 3 is 1.76 bits per heavy atom. The standard InChI is InChI=1S/C39H35F3O12/c1-14-11-24(15(2)16(3)27(14)35(47)52-32-20(7)17(4)28(34(45)46)18(5)21(32)8)51-36(48)29-19(6)22(9)33(30(31(29)44)39(40,41)42)53-37(49)38-25(50-10)12-23(43)13-26(38)54-38/h11-13,44H,1-10H3,(H,45,46). The van der Waals surface area contributed by atoms with E-state index in [-0.39, 0.29) is 56.4 Å². The number of aryl methyl sites for hydroxylation is 1. The summed E-state index contributed by atoms with van der Waals surface area (Å²) in [5, 5.41) is 20.7. The number of halogens is 3. The van der Waals surface area contributed by atoms with Crippen LogP contribution in [0.1, 0.15) is 86.7 Å². The number of hydrogen-bond donors (Lipinski definition) is 2. The highest BCUT2D eigenvalue weighted by Crippen LogP contribution is 2.53. The Kier molecular flexibility index (Phi) is 9.69. The molecule has 3 aromatic carbocycles. The van der Waals surface area contributed by atoms with E-state index in [4.69, 9.17) is 23.7 Å². The van der Waals surface area contributed by atoms with Gasteiger partial charge in [0.05, 0.1) is 18.2 Å². The second kappa shape index (κ2) is 13.4. The van der Waals surface area contributed by atoms with Gasteiger partial charge in [0.1, 0.15) is 34.1 Å². The summed E-state index contributed by atoms with van der Waals surface area (Å²) in [6, 6.07) is 1.32. The number of carbonyl (C=O) groups excluding carboxylic acids is 4. The molecule has 0 aromatic heterocycles. The first-order chi connectivity index (χ1) is 25.0. The van der Waals surface area contributed by atoms with Crippen molar-refractivity contribution in [3.8, 4) is 23.0 Å². The molecule has 12 nitrogen and oxygen atoms in total. The lowest BCUT2D eigenvalue weighted by Crippen LogP contribution is -2.34. The first kappa shape index (κ1) is 39.1. The number of ketones is 1. The molecule has 1 aliphatic carbocycles. The lowest BCUT2D eigenvalue weighted by Gasteiger charge is -2.23. The second-order valence-corrected chi connectivity index (χ2v) is 13.1. The molecule has 0 bridgehead atoms. The van der Waals surface area contributed by atoms with Gasteiger partial charge in [-0.1, -0.05) is 0 Å². The molecule has 0 radical (unpaired) electrons. The van der Waals surface area contributed by atoms with Crippen molar-refractivity contribution >= 4 is 29.7 Å². The maximum Gasteiger partial charge on any atom is 0.423 e. The van der Waals surface area contributed by atoms with Crippen LogP contribution < -0.4 is 14.2 Å². The predicted octanol–water partition coefficient (Wildman–Crippen LogP) is 6.99. The summed E-state index contributed by atoms with van der Waals surface area (Å²) < 4.78 is 70.6. The number of aromatic carboxylic acids is 1. The highest BCUT2D eigenvalue weighted by molar-refractivity contribution is 6.08. The molecule has 5 rings (SSSR count). The minimum Gasteiger partial charge on any atom is -0.506 e. The van der Waals surface area contributed by atoms with Crippen LogP contribution in [0, 0.1) is 62.3 Å². The van der Waals surface area contributed by atoms with Crippen molar-refractivity contribution < 1.29 is 71.0 Å². The zero-order valence-electron chi connectivity index (χ0n) is 30.8. The van der Waals surface area contributed by atoms with Gasteiger partial charge in [0, 0.05) is 12.2 Å². The number of allylic oxidation sites excluding steroid dienone is 2. The van der Waals surface area contributed by atoms with Gasteiger partial charge in [-0.15, -0.1) is 0 Å². The van der Waals surface area contributed by atoms with Gasteiger partial charge in [-0.2, -0.15) is 13.2 Å². The summed E-state index contributed by atoms with van der Waals surface area (Å²) in [6.45, 7) is 13.4. The Hall–Kier alpha value is -6.12. The summed E-state index contributed by atoms with van der Waals surface area (Å²) in [7, 11) is 1.12. The molecule has 1 saturated heterocycles. The van der Waals surface area contributed by atoms with E-state index in [0.717, 1.165) is 26.2 Å². The van der Waals surface area contributed by atoms with Crippen LogP contribution in [-0.4, -0.2) is 52.6 Å². The number of phenols is 1. The van der Waals surface area contributed by atoms with E-state index in [1.165, 1.54) is 26.8 Å². The number of epoxide rings is 1. The zero-order chi connectivity index (χ0) is 40.5. The van der Waals surface area contributed by atoms with Crippen molar-refractivity contribution in [1.29, 1.82) is 0 Å². The predicted molar refractivity (Wildman–Crippen MR) is 183 cm³/mol. The zero-order valence-corrected chi connectivity index (χ0v) is 30.8. The number of fused-ring (bicyclic) bond motifs is 1. The first-order valence-corrected chi connectivity index (χ1v) is 16.3. The summed E-state index contributed by atoms with van der Waals surface area (Å²) in [6.07, 6.45) is -3.48. The molecular weight excluding hydrogens is 717 g/mol. The Bertz CT molecular complexity index is 2280. The molecule has 2 aliphatic rings. The number of alkyl halides is 3. The highest BCUT2D eigenvalue weighted by atomic mass is 19.4. The fraction of sp³-hybridized carbons (Fsp3) is 0.308. The molecule has 3 aromatic rings. The molecular formula is C39H35F3O12. The van der Waals surface area contributed by atoms with E-state index in [0.29, 0.717) is 27.8 Å². The van der Waals surface area contributed by atoms with Gasteiger partial charge in [-0.05, 0) is 118 Å². The number of methoxy groups -OCH3 is 1. The fourth-order valence-electron chi connectivity index (χ4n) is 6.56. The third kappa shape index (κ3) is 6.12. The summed E-state index contributed by atoms with van der Waals surface area (Å²) in [5.41, 5.74) is -2.53. The van der Waals surface area contributed by atoms with Gasteiger partial charge in [0.2, 0.25) is 0 Å². The van der Waals surface area contributed by atoms with Crippen molar-refractivity contribution in [2.24, 2.45) is 0 Å². The molecule has 2 N–H and O–H groups in total. The Morgan fingerprint density at radius 2 is 1.22 bits per heavy atom. The minimum atomic E-state index is -5.36. The number of aromatic hydroxyl groups is 1. The molecule has 0 amide bonds. The van der Waals surface area contributed by atoms with Gasteiger partial charge >= 0.3 is 35.7 Å². The van der Waals surface area contributed by atoms with Crippen LogP contribution in [-0.2, 0) is 25.2 Å². The molecule has 1 atom stereocenters. The topological polar surface area (TPSA) is 175 Å². The number of phenolic OH excluding ortho intramolecular Hbond substituents is 1. The van der Waals surface area contributed by atoms with E-state index in [2.05, 4.69) is 0 Å². The number of rotatable bonds is 8. The smallest absolute Gasteiger partial charge is 0.423 e. The average Bonchev–Trinajstić information content (AvgIpc) is 3.81. The number of carboxylic acid groups (broad SMARTS) is 1. The quantitative estimate of drug-likeness (QED) is 0.137. The molecule has 15 heteroatoms.